The average Bonchev–Trinajstić information content (AvgIpc) is 2.46. The molecule has 1 aromatic rings. The van der Waals surface area contributed by atoms with E-state index in [9.17, 15) is 20.0 Å². The average molecular weight is 325 g/mol. The Balaban J connectivity index is 3.41. The molecule has 0 aromatic carbocycles. The third-order valence-electron chi connectivity index (χ3n) is 3.56. The molecule has 8 heteroatoms. The molecule has 0 aliphatic rings. The summed E-state index contributed by atoms with van der Waals surface area (Å²) in [6.45, 7) is 7.31. The Labute approximate surface area is 135 Å². The van der Waals surface area contributed by atoms with Crippen LogP contribution in [-0.2, 0) is 9.53 Å². The molecule has 0 aliphatic carbocycles. The van der Waals surface area contributed by atoms with Crippen LogP contribution in [-0.4, -0.2) is 40.2 Å². The van der Waals surface area contributed by atoms with Gasteiger partial charge in [-0.2, -0.15) is 0 Å². The molecule has 0 bridgehead atoms. The van der Waals surface area contributed by atoms with Crippen LogP contribution in [0.4, 0.5) is 11.4 Å². The maximum atomic E-state index is 11.9. The van der Waals surface area contributed by atoms with Crippen molar-refractivity contribution >= 4 is 17.3 Å². The summed E-state index contributed by atoms with van der Waals surface area (Å²) in [7, 11) is 0. The van der Waals surface area contributed by atoms with E-state index >= 15 is 0 Å². The number of hydrogen-bond donors (Lipinski definition) is 1. The van der Waals surface area contributed by atoms with E-state index in [-0.39, 0.29) is 24.9 Å². The number of nitrogens with zero attached hydrogens (tertiary/aromatic N) is 3. The van der Waals surface area contributed by atoms with Gasteiger partial charge in [-0.3, -0.25) is 14.9 Å². The fourth-order valence-electron chi connectivity index (χ4n) is 2.51. The van der Waals surface area contributed by atoms with Crippen molar-refractivity contribution in [3.8, 4) is 5.88 Å². The number of esters is 1. The summed E-state index contributed by atoms with van der Waals surface area (Å²) < 4.78 is 4.97. The third-order valence-corrected chi connectivity index (χ3v) is 3.56. The lowest BCUT2D eigenvalue weighted by Crippen LogP contribution is -2.39. The molecule has 128 valence electrons. The molecule has 0 saturated heterocycles. The first-order valence-electron chi connectivity index (χ1n) is 7.62. The summed E-state index contributed by atoms with van der Waals surface area (Å²) in [4.78, 5) is 27.9. The highest BCUT2D eigenvalue weighted by Crippen LogP contribution is 2.37. The molecule has 0 fully saturated rings. The number of nitro groups is 1. The normalized spacial score (nSPS) is 10.7. The Morgan fingerprint density at radius 3 is 2.52 bits per heavy atom. The molecule has 0 radical (unpaired) electrons. The molecule has 0 spiro atoms. The van der Waals surface area contributed by atoms with Gasteiger partial charge < -0.3 is 14.7 Å². The largest absolute Gasteiger partial charge is 0.488 e. The predicted molar refractivity (Wildman–Crippen MR) is 85.6 cm³/mol. The van der Waals surface area contributed by atoms with Crippen molar-refractivity contribution in [2.45, 2.75) is 46.6 Å². The van der Waals surface area contributed by atoms with Crippen LogP contribution in [0, 0.1) is 17.0 Å². The minimum atomic E-state index is -0.683. The van der Waals surface area contributed by atoms with Gasteiger partial charge >= 0.3 is 11.7 Å². The van der Waals surface area contributed by atoms with Crippen molar-refractivity contribution in [3.63, 3.8) is 0 Å². The van der Waals surface area contributed by atoms with E-state index in [2.05, 4.69) is 4.98 Å². The van der Waals surface area contributed by atoms with E-state index in [0.717, 1.165) is 0 Å². The van der Waals surface area contributed by atoms with Gasteiger partial charge in [-0.1, -0.05) is 13.8 Å². The smallest absolute Gasteiger partial charge is 0.353 e. The van der Waals surface area contributed by atoms with Gasteiger partial charge in [0.2, 0.25) is 0 Å². The monoisotopic (exact) mass is 325 g/mol. The van der Waals surface area contributed by atoms with Crippen molar-refractivity contribution in [3.05, 3.63) is 21.9 Å². The van der Waals surface area contributed by atoms with E-state index in [1.807, 2.05) is 13.8 Å². The molecule has 0 amide bonds. The van der Waals surface area contributed by atoms with Gasteiger partial charge in [0.1, 0.15) is 12.2 Å². The van der Waals surface area contributed by atoms with E-state index in [4.69, 9.17) is 4.74 Å². The topological polar surface area (TPSA) is 106 Å². The molecular formula is C15H23N3O5. The molecule has 1 rings (SSSR count). The molecule has 0 atom stereocenters. The third kappa shape index (κ3) is 4.54. The molecule has 1 heterocycles. The highest BCUT2D eigenvalue weighted by Gasteiger charge is 2.30. The maximum Gasteiger partial charge on any atom is 0.353 e. The standard InChI is InChI=1S/C15H23N3O5/c1-5-11(6-2)17(9-13(19)23-7-3)12-8-10(4)16-15(20)14(12)18(21)22/h8,11H,5-7,9H2,1-4H3,(H,16,20). The van der Waals surface area contributed by atoms with Crippen LogP contribution in [0.5, 0.6) is 5.88 Å². The molecule has 0 saturated carbocycles. The van der Waals surface area contributed by atoms with Crippen LogP contribution in [0.15, 0.2) is 6.07 Å². The van der Waals surface area contributed by atoms with Crippen molar-refractivity contribution in [2.75, 3.05) is 18.1 Å². The number of pyridine rings is 1. The van der Waals surface area contributed by atoms with Crippen LogP contribution in [0.2, 0.25) is 0 Å². The number of carbonyl (C=O) groups excluding carboxylic acids is 1. The zero-order valence-electron chi connectivity index (χ0n) is 13.9. The number of carbonyl (C=O) groups is 1. The van der Waals surface area contributed by atoms with Crippen LogP contribution < -0.4 is 4.90 Å². The summed E-state index contributed by atoms with van der Waals surface area (Å²) in [5.41, 5.74) is 0.122. The van der Waals surface area contributed by atoms with Crippen molar-refractivity contribution < 1.29 is 19.6 Å². The van der Waals surface area contributed by atoms with E-state index in [1.165, 1.54) is 6.07 Å². The van der Waals surface area contributed by atoms with Gasteiger partial charge in [0.05, 0.1) is 11.5 Å². The molecule has 0 unspecified atom stereocenters. The zero-order valence-corrected chi connectivity index (χ0v) is 13.9. The fraction of sp³-hybridized carbons (Fsp3) is 0.600. The van der Waals surface area contributed by atoms with Crippen LogP contribution in [0.3, 0.4) is 0 Å². The molecule has 0 aliphatic heterocycles. The quantitative estimate of drug-likeness (QED) is 0.445. The molecule has 8 nitrogen and oxygen atoms in total. The number of rotatable bonds is 8. The van der Waals surface area contributed by atoms with Gasteiger partial charge in [0.15, 0.2) is 0 Å². The Kier molecular flexibility index (Phi) is 6.74. The summed E-state index contributed by atoms with van der Waals surface area (Å²) in [6.07, 6.45) is 1.38. The van der Waals surface area contributed by atoms with E-state index in [1.54, 1.807) is 18.7 Å². The number of hydrogen-bond acceptors (Lipinski definition) is 7. The number of aryl methyl sites for hydroxylation is 1. The van der Waals surface area contributed by atoms with Gasteiger partial charge in [-0.05, 0) is 32.8 Å². The summed E-state index contributed by atoms with van der Waals surface area (Å²) in [6, 6.07) is 1.41. The second-order valence-electron chi connectivity index (χ2n) is 5.12. The first kappa shape index (κ1) is 18.7. The Hall–Kier alpha value is -2.38. The Bertz CT molecular complexity index is 572. The minimum Gasteiger partial charge on any atom is -0.488 e. The summed E-state index contributed by atoms with van der Waals surface area (Å²) >= 11 is 0. The number of ether oxygens (including phenoxy) is 1. The van der Waals surface area contributed by atoms with Gasteiger partial charge in [-0.15, -0.1) is 0 Å². The Morgan fingerprint density at radius 1 is 1.43 bits per heavy atom. The second kappa shape index (κ2) is 8.30. The van der Waals surface area contributed by atoms with Gasteiger partial charge in [-0.25, -0.2) is 4.98 Å². The summed E-state index contributed by atoms with van der Waals surface area (Å²) in [5.74, 6) is -1.12. The molecule has 1 N–H and O–H groups in total. The first-order chi connectivity index (χ1) is 10.8. The van der Waals surface area contributed by atoms with Crippen molar-refractivity contribution in [2.24, 2.45) is 0 Å². The molecule has 1 aromatic heterocycles. The van der Waals surface area contributed by atoms with Crippen LogP contribution in [0.25, 0.3) is 0 Å². The predicted octanol–water partition coefficient (Wildman–Crippen LogP) is 2.56. The molecular weight excluding hydrogens is 302 g/mol. The van der Waals surface area contributed by atoms with Crippen molar-refractivity contribution in [1.29, 1.82) is 0 Å². The lowest BCUT2D eigenvalue weighted by Gasteiger charge is -2.31. The maximum absolute atomic E-state index is 11.9. The van der Waals surface area contributed by atoms with Crippen LogP contribution in [0.1, 0.15) is 39.3 Å². The zero-order chi connectivity index (χ0) is 17.6. The van der Waals surface area contributed by atoms with Crippen LogP contribution >= 0.6 is 0 Å². The van der Waals surface area contributed by atoms with Crippen molar-refractivity contribution in [1.82, 2.24) is 4.98 Å². The lowest BCUT2D eigenvalue weighted by molar-refractivity contribution is -0.385. The van der Waals surface area contributed by atoms with E-state index in [0.29, 0.717) is 18.5 Å². The number of anilines is 1. The SMILES string of the molecule is CCOC(=O)CN(c1cc(C)nc(O)c1[N+](=O)[O-])C(CC)CC. The second-order valence-corrected chi connectivity index (χ2v) is 5.12. The first-order valence-corrected chi connectivity index (χ1v) is 7.62. The molecule has 23 heavy (non-hydrogen) atoms. The lowest BCUT2D eigenvalue weighted by atomic mass is 10.1. The summed E-state index contributed by atoms with van der Waals surface area (Å²) in [5, 5.41) is 21.2. The number of aromatic nitrogens is 1. The van der Waals surface area contributed by atoms with Gasteiger partial charge in [0, 0.05) is 11.7 Å². The van der Waals surface area contributed by atoms with Gasteiger partial charge in [0.25, 0.3) is 5.88 Å². The fourth-order valence-corrected chi connectivity index (χ4v) is 2.51. The minimum absolute atomic E-state index is 0.0979. The highest BCUT2D eigenvalue weighted by atomic mass is 16.6. The number of aromatic hydroxyl groups is 1. The highest BCUT2D eigenvalue weighted by molar-refractivity contribution is 5.79. The van der Waals surface area contributed by atoms with E-state index < -0.39 is 22.5 Å². The Morgan fingerprint density at radius 2 is 2.04 bits per heavy atom.